The Hall–Kier alpha value is -2.09. The molecule has 0 aliphatic heterocycles. The molecule has 2 aromatic carbocycles. The molecule has 1 unspecified atom stereocenters. The summed E-state index contributed by atoms with van der Waals surface area (Å²) in [6.45, 7) is 9.97. The van der Waals surface area contributed by atoms with E-state index in [1.54, 1.807) is 0 Å². The average molecular weight is 505 g/mol. The van der Waals surface area contributed by atoms with Crippen molar-refractivity contribution in [3.8, 4) is 0 Å². The Morgan fingerprint density at radius 1 is 1.14 bits per heavy atom. The van der Waals surface area contributed by atoms with Crippen LogP contribution in [-0.4, -0.2) is 28.3 Å². The van der Waals surface area contributed by atoms with Gasteiger partial charge in [-0.15, -0.1) is 24.0 Å². The zero-order valence-corrected chi connectivity index (χ0v) is 20.3. The van der Waals surface area contributed by atoms with E-state index in [0.29, 0.717) is 6.54 Å². The first-order chi connectivity index (χ1) is 13.5. The summed E-state index contributed by atoms with van der Waals surface area (Å²) in [4.78, 5) is 4.80. The van der Waals surface area contributed by atoms with Gasteiger partial charge in [0.05, 0.1) is 12.2 Å². The van der Waals surface area contributed by atoms with Gasteiger partial charge in [0.25, 0.3) is 0 Å². The third kappa shape index (κ3) is 5.95. The van der Waals surface area contributed by atoms with Crippen LogP contribution in [0.3, 0.4) is 0 Å². The number of hydrogen-bond donors (Lipinski definition) is 2. The van der Waals surface area contributed by atoms with Crippen LogP contribution in [-0.2, 0) is 20.0 Å². The lowest BCUT2D eigenvalue weighted by atomic mass is 10.1. The minimum atomic E-state index is 0. The number of hydrogen-bond acceptors (Lipinski definition) is 2. The summed E-state index contributed by atoms with van der Waals surface area (Å²) in [6.07, 6.45) is 0.923. The number of nitrogens with zero attached hydrogens (tertiary/aromatic N) is 3. The molecule has 1 atom stereocenters. The highest BCUT2D eigenvalue weighted by atomic mass is 127. The van der Waals surface area contributed by atoms with Crippen molar-refractivity contribution >= 4 is 40.7 Å². The molecule has 0 aliphatic rings. The molecule has 156 valence electrons. The van der Waals surface area contributed by atoms with E-state index >= 15 is 0 Å². The molecule has 3 rings (SSSR count). The molecule has 0 saturated carbocycles. The van der Waals surface area contributed by atoms with Gasteiger partial charge >= 0.3 is 0 Å². The Morgan fingerprint density at radius 3 is 2.52 bits per heavy atom. The van der Waals surface area contributed by atoms with Gasteiger partial charge in [-0.2, -0.15) is 5.10 Å². The first-order valence-corrected chi connectivity index (χ1v) is 9.99. The summed E-state index contributed by atoms with van der Waals surface area (Å²) in [5.74, 6) is 0.849. The Balaban J connectivity index is 0.00000300. The second-order valence-electron chi connectivity index (χ2n) is 7.40. The van der Waals surface area contributed by atoms with Crippen LogP contribution in [0.2, 0.25) is 0 Å². The fraction of sp³-hybridized carbons (Fsp3) is 0.391. The first-order valence-electron chi connectivity index (χ1n) is 9.99. The molecule has 3 aromatic rings. The lowest BCUT2D eigenvalue weighted by molar-refractivity contribution is 0.636. The van der Waals surface area contributed by atoms with Crippen molar-refractivity contribution in [1.82, 2.24) is 20.4 Å². The van der Waals surface area contributed by atoms with Gasteiger partial charge < -0.3 is 10.6 Å². The summed E-state index contributed by atoms with van der Waals surface area (Å²) in [6, 6.07) is 15.2. The summed E-state index contributed by atoms with van der Waals surface area (Å²) in [5, 5.41) is 13.9. The number of fused-ring (bicyclic) bond motifs is 1. The van der Waals surface area contributed by atoms with E-state index in [1.807, 2.05) is 11.7 Å². The number of rotatable bonds is 6. The topological polar surface area (TPSA) is 54.2 Å². The Morgan fingerprint density at radius 2 is 1.86 bits per heavy atom. The molecule has 1 aromatic heterocycles. The third-order valence-electron chi connectivity index (χ3n) is 5.13. The molecule has 0 bridgehead atoms. The number of aromatic nitrogens is 2. The van der Waals surface area contributed by atoms with E-state index in [1.165, 1.54) is 27.6 Å². The lowest BCUT2D eigenvalue weighted by Gasteiger charge is -2.18. The molecule has 0 radical (unpaired) electrons. The van der Waals surface area contributed by atoms with Gasteiger partial charge in [0.2, 0.25) is 0 Å². The number of benzene rings is 2. The molecular formula is C23H32IN5. The van der Waals surface area contributed by atoms with Crippen LogP contribution < -0.4 is 10.6 Å². The standard InChI is InChI=1S/C23H31N5.HI/c1-6-24-23(26-16(2)13-22-17(3)27-28(5)18(22)4)25-15-19-11-12-20-9-7-8-10-21(20)14-19;/h7-12,14,16H,6,13,15H2,1-5H3,(H2,24,25,26);1H. The zero-order chi connectivity index (χ0) is 20.1. The molecule has 0 fully saturated rings. The van der Waals surface area contributed by atoms with Crippen molar-refractivity contribution in [3.05, 3.63) is 65.0 Å². The van der Waals surface area contributed by atoms with E-state index in [2.05, 4.69) is 85.9 Å². The van der Waals surface area contributed by atoms with Crippen molar-refractivity contribution in [1.29, 1.82) is 0 Å². The van der Waals surface area contributed by atoms with Gasteiger partial charge in [0.15, 0.2) is 5.96 Å². The number of nitrogens with one attached hydrogen (secondary N) is 2. The highest BCUT2D eigenvalue weighted by Gasteiger charge is 2.14. The number of halogens is 1. The van der Waals surface area contributed by atoms with E-state index in [0.717, 1.165) is 24.6 Å². The van der Waals surface area contributed by atoms with Crippen LogP contribution in [0.15, 0.2) is 47.5 Å². The lowest BCUT2D eigenvalue weighted by Crippen LogP contribution is -2.43. The molecule has 0 aliphatic carbocycles. The smallest absolute Gasteiger partial charge is 0.191 e. The quantitative estimate of drug-likeness (QED) is 0.295. The van der Waals surface area contributed by atoms with Crippen LogP contribution in [0.4, 0.5) is 0 Å². The van der Waals surface area contributed by atoms with Crippen molar-refractivity contribution in [2.24, 2.45) is 12.0 Å². The summed E-state index contributed by atoms with van der Waals surface area (Å²) < 4.78 is 1.95. The summed E-state index contributed by atoms with van der Waals surface area (Å²) in [7, 11) is 2.00. The van der Waals surface area contributed by atoms with Crippen molar-refractivity contribution in [3.63, 3.8) is 0 Å². The second kappa shape index (κ2) is 10.6. The fourth-order valence-corrected chi connectivity index (χ4v) is 3.53. The van der Waals surface area contributed by atoms with Gasteiger partial charge in [-0.1, -0.05) is 36.4 Å². The molecule has 0 amide bonds. The van der Waals surface area contributed by atoms with Crippen molar-refractivity contribution < 1.29 is 0 Å². The molecule has 5 nitrogen and oxygen atoms in total. The van der Waals surface area contributed by atoms with E-state index in [4.69, 9.17) is 4.99 Å². The van der Waals surface area contributed by atoms with Crippen molar-refractivity contribution in [2.75, 3.05) is 6.54 Å². The number of guanidine groups is 1. The van der Waals surface area contributed by atoms with Gasteiger partial charge in [-0.25, -0.2) is 4.99 Å². The van der Waals surface area contributed by atoms with Gasteiger partial charge in [0.1, 0.15) is 0 Å². The van der Waals surface area contributed by atoms with E-state index < -0.39 is 0 Å². The summed E-state index contributed by atoms with van der Waals surface area (Å²) >= 11 is 0. The third-order valence-corrected chi connectivity index (χ3v) is 5.13. The van der Waals surface area contributed by atoms with Crippen LogP contribution in [0.5, 0.6) is 0 Å². The maximum absolute atomic E-state index is 4.80. The predicted molar refractivity (Wildman–Crippen MR) is 133 cm³/mol. The molecule has 29 heavy (non-hydrogen) atoms. The largest absolute Gasteiger partial charge is 0.357 e. The Bertz CT molecular complexity index is 977. The monoisotopic (exact) mass is 505 g/mol. The predicted octanol–water partition coefficient (Wildman–Crippen LogP) is 4.49. The average Bonchev–Trinajstić information content (AvgIpc) is 2.92. The van der Waals surface area contributed by atoms with Crippen molar-refractivity contribution in [2.45, 2.75) is 46.7 Å². The minimum Gasteiger partial charge on any atom is -0.357 e. The molecule has 6 heteroatoms. The van der Waals surface area contributed by atoms with Gasteiger partial charge in [-0.3, -0.25) is 4.68 Å². The molecule has 2 N–H and O–H groups in total. The van der Waals surface area contributed by atoms with E-state index in [-0.39, 0.29) is 30.0 Å². The van der Waals surface area contributed by atoms with Gasteiger partial charge in [0, 0.05) is 25.3 Å². The normalized spacial score (nSPS) is 12.5. The molecule has 0 spiro atoms. The SMILES string of the molecule is CCNC(=NCc1ccc2ccccc2c1)NC(C)Cc1c(C)nn(C)c1C.I. The van der Waals surface area contributed by atoms with Crippen LogP contribution in [0.1, 0.15) is 36.4 Å². The Kier molecular flexibility index (Phi) is 8.49. The molecule has 1 heterocycles. The highest BCUT2D eigenvalue weighted by Crippen LogP contribution is 2.16. The molecule has 0 saturated heterocycles. The number of aryl methyl sites for hydroxylation is 2. The first kappa shape index (κ1) is 23.2. The Labute approximate surface area is 191 Å². The molecular weight excluding hydrogens is 473 g/mol. The second-order valence-corrected chi connectivity index (χ2v) is 7.40. The maximum Gasteiger partial charge on any atom is 0.191 e. The van der Waals surface area contributed by atoms with Crippen LogP contribution in [0.25, 0.3) is 10.8 Å². The van der Waals surface area contributed by atoms with E-state index in [9.17, 15) is 0 Å². The zero-order valence-electron chi connectivity index (χ0n) is 18.0. The number of aliphatic imine (C=N–C) groups is 1. The minimum absolute atomic E-state index is 0. The fourth-order valence-electron chi connectivity index (χ4n) is 3.53. The van der Waals surface area contributed by atoms with Crippen LogP contribution in [0, 0.1) is 13.8 Å². The van der Waals surface area contributed by atoms with Crippen LogP contribution >= 0.6 is 24.0 Å². The highest BCUT2D eigenvalue weighted by molar-refractivity contribution is 14.0. The summed E-state index contributed by atoms with van der Waals surface area (Å²) in [5.41, 5.74) is 4.85. The van der Waals surface area contributed by atoms with Gasteiger partial charge in [-0.05, 0) is 62.1 Å². The maximum atomic E-state index is 4.80.